The van der Waals surface area contributed by atoms with E-state index in [0.717, 1.165) is 17.0 Å². The molecule has 1 saturated carbocycles. The van der Waals surface area contributed by atoms with Gasteiger partial charge in [-0.2, -0.15) is 0 Å². The Balaban J connectivity index is 1.55. The fourth-order valence-corrected chi connectivity index (χ4v) is 4.58. The molecule has 1 aliphatic rings. The van der Waals surface area contributed by atoms with E-state index in [1.807, 2.05) is 12.1 Å². The van der Waals surface area contributed by atoms with Crippen molar-refractivity contribution in [1.29, 1.82) is 0 Å². The second kappa shape index (κ2) is 8.67. The van der Waals surface area contributed by atoms with Gasteiger partial charge in [-0.05, 0) is 84.9 Å². The van der Waals surface area contributed by atoms with Crippen LogP contribution in [-0.2, 0) is 0 Å². The first-order chi connectivity index (χ1) is 14.5. The Morgan fingerprint density at radius 2 is 1.27 bits per heavy atom. The molecule has 3 aromatic rings. The third-order valence-corrected chi connectivity index (χ3v) is 6.70. The van der Waals surface area contributed by atoms with Gasteiger partial charge >= 0.3 is 0 Å². The SMILES string of the molecule is CCC1CCC(c2ccc(-c3ccc(-c4cc(F)c(C)c(F)c4)c(F)c3)cc2)CC1. The molecule has 0 aromatic heterocycles. The molecule has 0 saturated heterocycles. The van der Waals surface area contributed by atoms with Crippen molar-refractivity contribution < 1.29 is 13.2 Å². The molecule has 4 rings (SSSR count). The number of rotatable bonds is 4. The molecule has 156 valence electrons. The summed E-state index contributed by atoms with van der Waals surface area (Å²) in [5.74, 6) is -0.337. The van der Waals surface area contributed by atoms with Gasteiger partial charge < -0.3 is 0 Å². The molecule has 0 bridgehead atoms. The average molecular weight is 409 g/mol. The van der Waals surface area contributed by atoms with E-state index in [9.17, 15) is 13.2 Å². The van der Waals surface area contributed by atoms with E-state index in [4.69, 9.17) is 0 Å². The Morgan fingerprint density at radius 3 is 1.83 bits per heavy atom. The lowest BCUT2D eigenvalue weighted by Gasteiger charge is -2.28. The van der Waals surface area contributed by atoms with Crippen LogP contribution in [0.1, 0.15) is 56.1 Å². The van der Waals surface area contributed by atoms with Crippen molar-refractivity contribution in [1.82, 2.24) is 0 Å². The van der Waals surface area contributed by atoms with Crippen LogP contribution in [0.2, 0.25) is 0 Å². The number of hydrogen-bond donors (Lipinski definition) is 0. The van der Waals surface area contributed by atoms with Crippen LogP contribution in [0.5, 0.6) is 0 Å². The van der Waals surface area contributed by atoms with E-state index in [0.29, 0.717) is 5.92 Å². The van der Waals surface area contributed by atoms with Gasteiger partial charge in [0.05, 0.1) is 0 Å². The summed E-state index contributed by atoms with van der Waals surface area (Å²) < 4.78 is 42.5. The first-order valence-electron chi connectivity index (χ1n) is 10.8. The van der Waals surface area contributed by atoms with Crippen LogP contribution < -0.4 is 0 Å². The van der Waals surface area contributed by atoms with Gasteiger partial charge in [-0.25, -0.2) is 13.2 Å². The standard InChI is InChI=1S/C27H27F3/c1-3-18-4-6-19(7-5-18)20-8-10-21(11-9-20)22-12-13-24(27(30)14-22)23-15-25(28)17(2)26(29)16-23/h8-16,18-19H,3-7H2,1-2H3. The van der Waals surface area contributed by atoms with Crippen LogP contribution in [0, 0.1) is 30.3 Å². The van der Waals surface area contributed by atoms with Gasteiger partial charge in [0.25, 0.3) is 0 Å². The van der Waals surface area contributed by atoms with Gasteiger partial charge in [0, 0.05) is 11.1 Å². The van der Waals surface area contributed by atoms with Crippen molar-refractivity contribution in [2.24, 2.45) is 5.92 Å². The van der Waals surface area contributed by atoms with Crippen molar-refractivity contribution in [2.45, 2.75) is 51.9 Å². The molecule has 3 heteroatoms. The van der Waals surface area contributed by atoms with Gasteiger partial charge in [0.15, 0.2) is 0 Å². The van der Waals surface area contributed by atoms with Crippen LogP contribution in [-0.4, -0.2) is 0 Å². The first-order valence-corrected chi connectivity index (χ1v) is 10.8. The highest BCUT2D eigenvalue weighted by Crippen LogP contribution is 2.38. The van der Waals surface area contributed by atoms with E-state index < -0.39 is 17.5 Å². The fourth-order valence-electron chi connectivity index (χ4n) is 4.58. The predicted molar refractivity (Wildman–Crippen MR) is 117 cm³/mol. The van der Waals surface area contributed by atoms with E-state index in [1.54, 1.807) is 12.1 Å². The summed E-state index contributed by atoms with van der Waals surface area (Å²) in [6, 6.07) is 15.6. The molecular weight excluding hydrogens is 381 g/mol. The van der Waals surface area contributed by atoms with Gasteiger partial charge in [0.2, 0.25) is 0 Å². The van der Waals surface area contributed by atoms with Crippen LogP contribution in [0.4, 0.5) is 13.2 Å². The number of benzene rings is 3. The molecular formula is C27H27F3. The Bertz CT molecular complexity index is 1010. The van der Waals surface area contributed by atoms with E-state index in [-0.39, 0.29) is 16.7 Å². The largest absolute Gasteiger partial charge is 0.207 e. The fraction of sp³-hybridized carbons (Fsp3) is 0.333. The summed E-state index contributed by atoms with van der Waals surface area (Å²) in [5, 5.41) is 0. The molecule has 1 fully saturated rings. The zero-order chi connectivity index (χ0) is 21.3. The molecule has 0 N–H and O–H groups in total. The molecule has 0 amide bonds. The monoisotopic (exact) mass is 408 g/mol. The average Bonchev–Trinajstić information content (AvgIpc) is 2.77. The minimum Gasteiger partial charge on any atom is -0.207 e. The summed E-state index contributed by atoms with van der Waals surface area (Å²) in [6.45, 7) is 3.64. The Labute approximate surface area is 176 Å². The lowest BCUT2D eigenvalue weighted by Crippen LogP contribution is -2.12. The van der Waals surface area contributed by atoms with Crippen molar-refractivity contribution in [3.8, 4) is 22.3 Å². The zero-order valence-corrected chi connectivity index (χ0v) is 17.5. The highest BCUT2D eigenvalue weighted by Gasteiger charge is 2.21. The molecule has 0 heterocycles. The summed E-state index contributed by atoms with van der Waals surface area (Å²) >= 11 is 0. The highest BCUT2D eigenvalue weighted by atomic mass is 19.1. The Kier molecular flexibility index (Phi) is 5.99. The topological polar surface area (TPSA) is 0 Å². The van der Waals surface area contributed by atoms with Crippen LogP contribution in [0.3, 0.4) is 0 Å². The molecule has 3 aromatic carbocycles. The van der Waals surface area contributed by atoms with Crippen molar-refractivity contribution >= 4 is 0 Å². The summed E-state index contributed by atoms with van der Waals surface area (Å²) in [6.07, 6.45) is 6.36. The zero-order valence-electron chi connectivity index (χ0n) is 17.5. The molecule has 0 radical (unpaired) electrons. The maximum atomic E-state index is 14.8. The Morgan fingerprint density at radius 1 is 0.700 bits per heavy atom. The van der Waals surface area contributed by atoms with Crippen LogP contribution >= 0.6 is 0 Å². The van der Waals surface area contributed by atoms with Crippen LogP contribution in [0.25, 0.3) is 22.3 Å². The van der Waals surface area contributed by atoms with Crippen LogP contribution in [0.15, 0.2) is 54.6 Å². The molecule has 0 spiro atoms. The van der Waals surface area contributed by atoms with Gasteiger partial charge in [0.1, 0.15) is 17.5 Å². The van der Waals surface area contributed by atoms with E-state index >= 15 is 0 Å². The lowest BCUT2D eigenvalue weighted by atomic mass is 9.77. The van der Waals surface area contributed by atoms with Gasteiger partial charge in [-0.1, -0.05) is 49.7 Å². The van der Waals surface area contributed by atoms with Crippen molar-refractivity contribution in [2.75, 3.05) is 0 Å². The molecule has 1 aliphatic carbocycles. The van der Waals surface area contributed by atoms with Gasteiger partial charge in [-0.3, -0.25) is 0 Å². The lowest BCUT2D eigenvalue weighted by molar-refractivity contribution is 0.319. The summed E-state index contributed by atoms with van der Waals surface area (Å²) in [5.41, 5.74) is 3.40. The minimum atomic E-state index is -0.669. The number of halogens is 3. The quantitative estimate of drug-likeness (QED) is 0.406. The molecule has 0 atom stereocenters. The summed E-state index contributed by atoms with van der Waals surface area (Å²) in [4.78, 5) is 0. The predicted octanol–water partition coefficient (Wildman–Crippen LogP) is 8.43. The second-order valence-electron chi connectivity index (χ2n) is 8.51. The van der Waals surface area contributed by atoms with E-state index in [1.165, 1.54) is 62.8 Å². The van der Waals surface area contributed by atoms with Crippen molar-refractivity contribution in [3.63, 3.8) is 0 Å². The molecule has 30 heavy (non-hydrogen) atoms. The molecule has 0 unspecified atom stereocenters. The van der Waals surface area contributed by atoms with E-state index in [2.05, 4.69) is 19.1 Å². The van der Waals surface area contributed by atoms with Crippen molar-refractivity contribution in [3.05, 3.63) is 83.2 Å². The number of hydrogen-bond acceptors (Lipinski definition) is 0. The highest BCUT2D eigenvalue weighted by molar-refractivity contribution is 5.71. The maximum absolute atomic E-state index is 14.8. The molecule has 0 aliphatic heterocycles. The third kappa shape index (κ3) is 4.16. The Hall–Kier alpha value is -2.55. The summed E-state index contributed by atoms with van der Waals surface area (Å²) in [7, 11) is 0. The third-order valence-electron chi connectivity index (χ3n) is 6.70. The smallest absolute Gasteiger partial charge is 0.131 e. The minimum absolute atomic E-state index is 0.0564. The second-order valence-corrected chi connectivity index (χ2v) is 8.51. The molecule has 0 nitrogen and oxygen atoms in total. The normalized spacial score (nSPS) is 19.1. The first kappa shape index (κ1) is 20.7. The van der Waals surface area contributed by atoms with Gasteiger partial charge in [-0.15, -0.1) is 0 Å². The maximum Gasteiger partial charge on any atom is 0.131 e.